The van der Waals surface area contributed by atoms with Crippen molar-refractivity contribution in [1.29, 1.82) is 0 Å². The highest BCUT2D eigenvalue weighted by Crippen LogP contribution is 2.24. The van der Waals surface area contributed by atoms with Crippen LogP contribution in [0.4, 0.5) is 0 Å². The Bertz CT molecular complexity index is 800. The van der Waals surface area contributed by atoms with Gasteiger partial charge in [-0.05, 0) is 12.5 Å². The van der Waals surface area contributed by atoms with Crippen LogP contribution in [0.5, 0.6) is 0 Å². The Labute approximate surface area is 188 Å². The summed E-state index contributed by atoms with van der Waals surface area (Å²) in [6.07, 6.45) is 3.32. The number of ether oxygens (including phenoxy) is 2. The Hall–Kier alpha value is -2.34. The molecule has 2 atom stereocenters. The van der Waals surface area contributed by atoms with Gasteiger partial charge in [0.05, 0.1) is 23.3 Å². The van der Waals surface area contributed by atoms with Crippen molar-refractivity contribution >= 4 is 59.1 Å². The summed E-state index contributed by atoms with van der Waals surface area (Å²) in [4.78, 5) is 73.4. The van der Waals surface area contributed by atoms with Crippen LogP contribution in [0.3, 0.4) is 0 Å². The third-order valence-corrected chi connectivity index (χ3v) is 6.58. The first-order valence-electron chi connectivity index (χ1n) is 9.46. The van der Waals surface area contributed by atoms with Crippen molar-refractivity contribution in [3.8, 4) is 0 Å². The van der Waals surface area contributed by atoms with Crippen molar-refractivity contribution < 1.29 is 38.2 Å². The molecule has 0 aromatic rings. The highest BCUT2D eigenvalue weighted by molar-refractivity contribution is 8.00. The Morgan fingerprint density at radius 2 is 1.35 bits per heavy atom. The van der Waals surface area contributed by atoms with E-state index < -0.39 is 22.4 Å². The standard InChI is InChI=1S/C19H24N2O8S2/c1-11(29-17(25)5-7-21-15(23)9-13(31-3)19(21)27)10-28-16(24)4-6-20-14(22)8-12(30-2)18(20)26/h12-13H,1,4-10H2,2-3H3. The van der Waals surface area contributed by atoms with E-state index in [0.29, 0.717) is 0 Å². The summed E-state index contributed by atoms with van der Waals surface area (Å²) in [6, 6.07) is 0. The maximum atomic E-state index is 12.0. The lowest BCUT2D eigenvalue weighted by Gasteiger charge is -2.15. The number of hydrogen-bond acceptors (Lipinski definition) is 10. The number of hydrogen-bond donors (Lipinski definition) is 0. The zero-order chi connectivity index (χ0) is 23.1. The van der Waals surface area contributed by atoms with Gasteiger partial charge in [-0.1, -0.05) is 6.58 Å². The molecular weight excluding hydrogens is 448 g/mol. The molecule has 0 saturated carbocycles. The van der Waals surface area contributed by atoms with Gasteiger partial charge in [0.2, 0.25) is 23.6 Å². The summed E-state index contributed by atoms with van der Waals surface area (Å²) >= 11 is 2.57. The first-order chi connectivity index (χ1) is 14.7. The molecule has 0 spiro atoms. The van der Waals surface area contributed by atoms with Crippen molar-refractivity contribution in [1.82, 2.24) is 9.80 Å². The number of carbonyl (C=O) groups excluding carboxylic acids is 6. The van der Waals surface area contributed by atoms with E-state index in [9.17, 15) is 28.8 Å². The first-order valence-corrected chi connectivity index (χ1v) is 12.0. The number of thioether (sulfide) groups is 2. The van der Waals surface area contributed by atoms with Crippen LogP contribution in [0.1, 0.15) is 25.7 Å². The molecule has 2 heterocycles. The van der Waals surface area contributed by atoms with Crippen LogP contribution in [-0.4, -0.2) is 88.1 Å². The first kappa shape index (κ1) is 24.9. The van der Waals surface area contributed by atoms with E-state index in [4.69, 9.17) is 9.47 Å². The minimum Gasteiger partial charge on any atom is -0.457 e. The maximum Gasteiger partial charge on any atom is 0.312 e. The van der Waals surface area contributed by atoms with Crippen molar-refractivity contribution in [3.05, 3.63) is 12.3 Å². The van der Waals surface area contributed by atoms with Crippen LogP contribution >= 0.6 is 23.5 Å². The van der Waals surface area contributed by atoms with Gasteiger partial charge in [0.15, 0.2) is 0 Å². The molecule has 2 saturated heterocycles. The van der Waals surface area contributed by atoms with Gasteiger partial charge in [0, 0.05) is 25.9 Å². The van der Waals surface area contributed by atoms with E-state index in [1.165, 1.54) is 23.5 Å². The smallest absolute Gasteiger partial charge is 0.312 e. The highest BCUT2D eigenvalue weighted by Gasteiger charge is 2.39. The molecule has 170 valence electrons. The van der Waals surface area contributed by atoms with Crippen LogP contribution < -0.4 is 0 Å². The lowest BCUT2D eigenvalue weighted by molar-refractivity contribution is -0.150. The molecule has 2 fully saturated rings. The topological polar surface area (TPSA) is 127 Å². The lowest BCUT2D eigenvalue weighted by Crippen LogP contribution is -2.33. The highest BCUT2D eigenvalue weighted by atomic mass is 32.2. The molecule has 0 aliphatic carbocycles. The summed E-state index contributed by atoms with van der Waals surface area (Å²) in [6.45, 7) is 2.95. The summed E-state index contributed by atoms with van der Waals surface area (Å²) < 4.78 is 9.88. The molecule has 0 N–H and O–H groups in total. The second-order valence-electron chi connectivity index (χ2n) is 6.80. The van der Waals surface area contributed by atoms with E-state index in [-0.39, 0.29) is 74.8 Å². The van der Waals surface area contributed by atoms with Crippen molar-refractivity contribution in [2.45, 2.75) is 36.2 Å². The molecule has 4 amide bonds. The van der Waals surface area contributed by atoms with Gasteiger partial charge in [-0.25, -0.2) is 0 Å². The van der Waals surface area contributed by atoms with E-state index in [0.717, 1.165) is 9.80 Å². The number of likely N-dealkylation sites (tertiary alicyclic amines) is 2. The SMILES string of the molecule is C=C(COC(=O)CCN1C(=O)CC(SC)C1=O)OC(=O)CCN1C(=O)CC(SC)C1=O. The lowest BCUT2D eigenvalue weighted by atomic mass is 10.4. The van der Waals surface area contributed by atoms with E-state index in [1.807, 2.05) is 0 Å². The monoisotopic (exact) mass is 472 g/mol. The molecule has 0 aromatic heterocycles. The summed E-state index contributed by atoms with van der Waals surface area (Å²) in [5.74, 6) is -2.81. The molecule has 0 aromatic carbocycles. The second-order valence-corrected chi connectivity index (χ2v) is 8.88. The zero-order valence-corrected chi connectivity index (χ0v) is 18.9. The van der Waals surface area contributed by atoms with Gasteiger partial charge in [-0.15, -0.1) is 0 Å². The average molecular weight is 473 g/mol. The minimum absolute atomic E-state index is 0.0746. The Balaban J connectivity index is 1.66. The molecule has 31 heavy (non-hydrogen) atoms. The Morgan fingerprint density at radius 3 is 1.77 bits per heavy atom. The van der Waals surface area contributed by atoms with Crippen LogP contribution in [0.2, 0.25) is 0 Å². The fourth-order valence-corrected chi connectivity index (χ4v) is 4.30. The molecule has 10 nitrogen and oxygen atoms in total. The second kappa shape index (κ2) is 11.3. The third kappa shape index (κ3) is 6.57. The van der Waals surface area contributed by atoms with Gasteiger partial charge >= 0.3 is 11.9 Å². The van der Waals surface area contributed by atoms with Crippen LogP contribution in [-0.2, 0) is 38.2 Å². The van der Waals surface area contributed by atoms with Crippen LogP contribution in [0, 0.1) is 0 Å². The molecule has 2 rings (SSSR count). The molecular formula is C19H24N2O8S2. The summed E-state index contributed by atoms with van der Waals surface area (Å²) in [5.41, 5.74) is 0. The fraction of sp³-hybridized carbons (Fsp3) is 0.579. The number of carbonyl (C=O) groups is 6. The number of nitrogens with zero attached hydrogens (tertiary/aromatic N) is 2. The molecule has 2 aliphatic heterocycles. The fourth-order valence-electron chi connectivity index (χ4n) is 3.02. The van der Waals surface area contributed by atoms with Gasteiger partial charge in [0.25, 0.3) is 0 Å². The molecule has 12 heteroatoms. The Morgan fingerprint density at radius 1 is 0.903 bits per heavy atom. The largest absolute Gasteiger partial charge is 0.457 e. The molecule has 0 bridgehead atoms. The van der Waals surface area contributed by atoms with E-state index in [1.54, 1.807) is 12.5 Å². The van der Waals surface area contributed by atoms with Crippen LogP contribution in [0.25, 0.3) is 0 Å². The van der Waals surface area contributed by atoms with Crippen molar-refractivity contribution in [2.75, 3.05) is 32.2 Å². The van der Waals surface area contributed by atoms with E-state index >= 15 is 0 Å². The van der Waals surface area contributed by atoms with Gasteiger partial charge in [0.1, 0.15) is 12.4 Å². The summed E-state index contributed by atoms with van der Waals surface area (Å²) in [5, 5.41) is -0.837. The van der Waals surface area contributed by atoms with Gasteiger partial charge < -0.3 is 9.47 Å². The Kier molecular flexibility index (Phi) is 9.11. The predicted molar refractivity (Wildman–Crippen MR) is 113 cm³/mol. The molecule has 0 radical (unpaired) electrons. The van der Waals surface area contributed by atoms with E-state index in [2.05, 4.69) is 6.58 Å². The average Bonchev–Trinajstić information content (AvgIpc) is 3.17. The minimum atomic E-state index is -0.717. The van der Waals surface area contributed by atoms with Crippen LogP contribution in [0.15, 0.2) is 12.3 Å². The van der Waals surface area contributed by atoms with Crippen molar-refractivity contribution in [2.24, 2.45) is 0 Å². The molecule has 2 aliphatic rings. The third-order valence-electron chi connectivity index (χ3n) is 4.71. The zero-order valence-electron chi connectivity index (χ0n) is 17.3. The summed E-state index contributed by atoms with van der Waals surface area (Å²) in [7, 11) is 0. The number of amides is 4. The predicted octanol–water partition coefficient (Wildman–Crippen LogP) is 0.348. The number of esters is 2. The van der Waals surface area contributed by atoms with Gasteiger partial charge in [-0.3, -0.25) is 38.6 Å². The van der Waals surface area contributed by atoms with Crippen molar-refractivity contribution in [3.63, 3.8) is 0 Å². The molecule has 2 unspecified atom stereocenters. The maximum absolute atomic E-state index is 12.0. The van der Waals surface area contributed by atoms with Gasteiger partial charge in [-0.2, -0.15) is 23.5 Å². The number of rotatable bonds is 11. The normalized spacial score (nSPS) is 21.1. The number of imide groups is 2. The quantitative estimate of drug-likeness (QED) is 0.236.